The highest BCUT2D eigenvalue weighted by atomic mass is 16.5. The highest BCUT2D eigenvalue weighted by Gasteiger charge is 2.33. The number of aromatic amines is 1. The van der Waals surface area contributed by atoms with E-state index in [9.17, 15) is 4.79 Å². The predicted octanol–water partition coefficient (Wildman–Crippen LogP) is 1.58. The molecule has 4 heterocycles. The lowest BCUT2D eigenvalue weighted by molar-refractivity contribution is 0.0603. The SMILES string of the molecule is COC(=O)c1cccc2[nH]nc(CCN[C@@H]3CN4CCC3CC4)c12. The van der Waals surface area contributed by atoms with Crippen LogP contribution in [0.1, 0.15) is 28.9 Å². The van der Waals surface area contributed by atoms with Crippen molar-refractivity contribution in [2.24, 2.45) is 5.92 Å². The molecule has 3 aliphatic rings. The summed E-state index contributed by atoms with van der Waals surface area (Å²) in [7, 11) is 1.41. The number of piperidine rings is 3. The smallest absolute Gasteiger partial charge is 0.338 e. The molecule has 2 N–H and O–H groups in total. The Morgan fingerprint density at radius 1 is 1.42 bits per heavy atom. The molecule has 0 spiro atoms. The molecule has 1 aromatic heterocycles. The molecule has 0 unspecified atom stereocenters. The van der Waals surface area contributed by atoms with E-state index in [1.807, 2.05) is 12.1 Å². The number of fused-ring (bicyclic) bond motifs is 4. The Hall–Kier alpha value is -1.92. The number of esters is 1. The second kappa shape index (κ2) is 6.53. The van der Waals surface area contributed by atoms with Crippen LogP contribution in [-0.2, 0) is 11.2 Å². The van der Waals surface area contributed by atoms with Crippen molar-refractivity contribution >= 4 is 16.9 Å². The quantitative estimate of drug-likeness (QED) is 0.816. The number of rotatable bonds is 5. The topological polar surface area (TPSA) is 70.2 Å². The Kier molecular flexibility index (Phi) is 4.24. The number of nitrogens with one attached hydrogen (secondary N) is 2. The lowest BCUT2D eigenvalue weighted by Gasteiger charge is -2.45. The first-order valence-corrected chi connectivity index (χ1v) is 8.76. The summed E-state index contributed by atoms with van der Waals surface area (Å²) in [6.45, 7) is 4.56. The molecule has 128 valence electrons. The molecular formula is C18H24N4O2. The van der Waals surface area contributed by atoms with Gasteiger partial charge in [0.1, 0.15) is 0 Å². The molecule has 24 heavy (non-hydrogen) atoms. The van der Waals surface area contributed by atoms with Crippen LogP contribution < -0.4 is 5.32 Å². The number of carbonyl (C=O) groups is 1. The molecule has 3 fully saturated rings. The van der Waals surface area contributed by atoms with E-state index in [1.165, 1.54) is 39.6 Å². The number of carbonyl (C=O) groups excluding carboxylic acids is 1. The summed E-state index contributed by atoms with van der Waals surface area (Å²) in [5, 5.41) is 12.0. The van der Waals surface area contributed by atoms with Crippen LogP contribution in [0.4, 0.5) is 0 Å². The first-order chi connectivity index (χ1) is 11.8. The van der Waals surface area contributed by atoms with Crippen LogP contribution in [0.3, 0.4) is 0 Å². The zero-order valence-electron chi connectivity index (χ0n) is 14.0. The highest BCUT2D eigenvalue weighted by molar-refractivity contribution is 6.04. The number of methoxy groups -OCH3 is 1. The molecule has 6 nitrogen and oxygen atoms in total. The van der Waals surface area contributed by atoms with Crippen molar-refractivity contribution in [1.29, 1.82) is 0 Å². The number of hydrogen-bond donors (Lipinski definition) is 2. The number of benzene rings is 1. The molecule has 5 rings (SSSR count). The standard InChI is InChI=1S/C18H24N4O2/c1-24-18(23)13-3-2-4-14-17(13)15(21-20-14)5-8-19-16-11-22-9-6-12(16)7-10-22/h2-4,12,16,19H,5-11H2,1H3,(H,20,21)/t16-/m1/s1. The van der Waals surface area contributed by atoms with E-state index in [-0.39, 0.29) is 5.97 Å². The summed E-state index contributed by atoms with van der Waals surface area (Å²) in [6.07, 6.45) is 3.43. The fourth-order valence-electron chi connectivity index (χ4n) is 4.17. The number of ether oxygens (including phenoxy) is 1. The summed E-state index contributed by atoms with van der Waals surface area (Å²) < 4.78 is 4.90. The minimum atomic E-state index is -0.311. The van der Waals surface area contributed by atoms with Crippen LogP contribution in [0.2, 0.25) is 0 Å². The largest absolute Gasteiger partial charge is 0.465 e. The summed E-state index contributed by atoms with van der Waals surface area (Å²) in [4.78, 5) is 14.6. The second-order valence-electron chi connectivity index (χ2n) is 6.84. The van der Waals surface area contributed by atoms with Gasteiger partial charge in [0.2, 0.25) is 0 Å². The van der Waals surface area contributed by atoms with Gasteiger partial charge in [-0.05, 0) is 44.0 Å². The fourth-order valence-corrected chi connectivity index (χ4v) is 4.17. The summed E-state index contributed by atoms with van der Waals surface area (Å²) in [5.74, 6) is 0.505. The Morgan fingerprint density at radius 2 is 2.25 bits per heavy atom. The van der Waals surface area contributed by atoms with Crippen molar-refractivity contribution in [2.75, 3.05) is 33.3 Å². The average Bonchev–Trinajstić information content (AvgIpc) is 3.05. The average molecular weight is 328 g/mol. The van der Waals surface area contributed by atoms with Crippen LogP contribution in [-0.4, -0.2) is 60.4 Å². The molecule has 0 amide bonds. The van der Waals surface area contributed by atoms with E-state index in [1.54, 1.807) is 6.07 Å². The summed E-state index contributed by atoms with van der Waals surface area (Å²) >= 11 is 0. The molecule has 2 aromatic rings. The van der Waals surface area contributed by atoms with Crippen molar-refractivity contribution in [1.82, 2.24) is 20.4 Å². The van der Waals surface area contributed by atoms with Gasteiger partial charge in [-0.2, -0.15) is 5.10 Å². The van der Waals surface area contributed by atoms with E-state index in [2.05, 4.69) is 20.4 Å². The van der Waals surface area contributed by atoms with Crippen LogP contribution >= 0.6 is 0 Å². The summed E-state index contributed by atoms with van der Waals surface area (Å²) in [5.41, 5.74) is 2.40. The first kappa shape index (κ1) is 15.6. The molecule has 0 saturated carbocycles. The second-order valence-corrected chi connectivity index (χ2v) is 6.84. The maximum absolute atomic E-state index is 12.0. The molecule has 1 aromatic carbocycles. The van der Waals surface area contributed by atoms with Crippen molar-refractivity contribution in [3.63, 3.8) is 0 Å². The van der Waals surface area contributed by atoms with Gasteiger partial charge in [0.25, 0.3) is 0 Å². The zero-order valence-corrected chi connectivity index (χ0v) is 14.0. The molecule has 0 aliphatic carbocycles. The first-order valence-electron chi connectivity index (χ1n) is 8.76. The van der Waals surface area contributed by atoms with E-state index >= 15 is 0 Å². The molecule has 0 radical (unpaired) electrons. The summed E-state index contributed by atoms with van der Waals surface area (Å²) in [6, 6.07) is 6.19. The predicted molar refractivity (Wildman–Crippen MR) is 92.1 cm³/mol. The molecule has 3 saturated heterocycles. The minimum absolute atomic E-state index is 0.311. The van der Waals surface area contributed by atoms with Crippen LogP contribution in [0.5, 0.6) is 0 Å². The number of hydrogen-bond acceptors (Lipinski definition) is 5. The van der Waals surface area contributed by atoms with Crippen LogP contribution in [0.15, 0.2) is 18.2 Å². The number of nitrogens with zero attached hydrogens (tertiary/aromatic N) is 2. The van der Waals surface area contributed by atoms with Crippen molar-refractivity contribution < 1.29 is 9.53 Å². The Morgan fingerprint density at radius 3 is 2.96 bits per heavy atom. The maximum Gasteiger partial charge on any atom is 0.338 e. The molecular weight excluding hydrogens is 304 g/mol. The van der Waals surface area contributed by atoms with Gasteiger partial charge >= 0.3 is 5.97 Å². The van der Waals surface area contributed by atoms with Gasteiger partial charge in [-0.25, -0.2) is 4.79 Å². The van der Waals surface area contributed by atoms with Gasteiger partial charge in [0, 0.05) is 30.9 Å². The van der Waals surface area contributed by atoms with E-state index in [4.69, 9.17) is 4.74 Å². The Balaban J connectivity index is 1.46. The van der Waals surface area contributed by atoms with Gasteiger partial charge in [-0.1, -0.05) is 6.07 Å². The zero-order chi connectivity index (χ0) is 16.5. The normalized spacial score (nSPS) is 26.0. The highest BCUT2D eigenvalue weighted by Crippen LogP contribution is 2.27. The van der Waals surface area contributed by atoms with Crippen LogP contribution in [0, 0.1) is 5.92 Å². The molecule has 6 heteroatoms. The monoisotopic (exact) mass is 328 g/mol. The van der Waals surface area contributed by atoms with Crippen LogP contribution in [0.25, 0.3) is 10.9 Å². The third-order valence-corrected chi connectivity index (χ3v) is 5.49. The Labute approximate surface area is 141 Å². The van der Waals surface area contributed by atoms with Gasteiger partial charge in [0.05, 0.1) is 23.9 Å². The van der Waals surface area contributed by atoms with E-state index in [0.29, 0.717) is 11.6 Å². The van der Waals surface area contributed by atoms with Gasteiger partial charge in [-0.3, -0.25) is 5.10 Å². The van der Waals surface area contributed by atoms with Gasteiger partial charge in [0.15, 0.2) is 0 Å². The third kappa shape index (κ3) is 2.80. The van der Waals surface area contributed by atoms with Gasteiger partial charge in [-0.15, -0.1) is 0 Å². The minimum Gasteiger partial charge on any atom is -0.465 e. The Bertz CT molecular complexity index is 734. The fraction of sp³-hybridized carbons (Fsp3) is 0.556. The van der Waals surface area contributed by atoms with E-state index < -0.39 is 0 Å². The molecule has 3 aliphatic heterocycles. The maximum atomic E-state index is 12.0. The van der Waals surface area contributed by atoms with Crippen molar-refractivity contribution in [3.05, 3.63) is 29.5 Å². The lowest BCUT2D eigenvalue weighted by atomic mass is 9.84. The third-order valence-electron chi connectivity index (χ3n) is 5.49. The van der Waals surface area contributed by atoms with Crippen molar-refractivity contribution in [2.45, 2.75) is 25.3 Å². The number of aromatic nitrogens is 2. The van der Waals surface area contributed by atoms with Gasteiger partial charge < -0.3 is 15.0 Å². The van der Waals surface area contributed by atoms with Crippen molar-refractivity contribution in [3.8, 4) is 0 Å². The lowest BCUT2D eigenvalue weighted by Crippen LogP contribution is -2.56. The molecule has 2 bridgehead atoms. The van der Waals surface area contributed by atoms with E-state index in [0.717, 1.165) is 35.5 Å². The molecule has 1 atom stereocenters. The number of H-pyrrole nitrogens is 1.